The lowest BCUT2D eigenvalue weighted by molar-refractivity contribution is -0.160. The molecule has 4 nitrogen and oxygen atoms in total. The fourth-order valence-electron chi connectivity index (χ4n) is 2.00. The van der Waals surface area contributed by atoms with Crippen LogP contribution in [0.1, 0.15) is 12.8 Å². The predicted molar refractivity (Wildman–Crippen MR) is 68.2 cm³/mol. The third-order valence-corrected chi connectivity index (χ3v) is 3.71. The Kier molecular flexibility index (Phi) is 3.40. The third kappa shape index (κ3) is 2.61. The van der Waals surface area contributed by atoms with Crippen molar-refractivity contribution in [2.24, 2.45) is 0 Å². The molecule has 1 heterocycles. The number of hydrogen-bond donors (Lipinski definition) is 2. The minimum absolute atomic E-state index is 0.262. The van der Waals surface area contributed by atoms with E-state index in [0.29, 0.717) is 13.1 Å². The first-order chi connectivity index (χ1) is 8.01. The van der Waals surface area contributed by atoms with Crippen LogP contribution in [0.15, 0.2) is 28.7 Å². The van der Waals surface area contributed by atoms with E-state index in [9.17, 15) is 9.90 Å². The molecule has 1 aliphatic heterocycles. The highest BCUT2D eigenvalue weighted by atomic mass is 79.9. The van der Waals surface area contributed by atoms with Gasteiger partial charge < -0.3 is 15.1 Å². The molecular formula is C12H14BrNO3. The Morgan fingerprint density at radius 3 is 2.24 bits per heavy atom. The average molecular weight is 300 g/mol. The Labute approximate surface area is 108 Å². The number of aliphatic hydroxyl groups is 1. The Bertz CT molecular complexity index is 410. The van der Waals surface area contributed by atoms with E-state index in [1.165, 1.54) is 0 Å². The number of piperidine rings is 1. The molecule has 2 rings (SSSR count). The van der Waals surface area contributed by atoms with Crippen LogP contribution in [-0.4, -0.2) is 34.9 Å². The molecule has 2 N–H and O–H groups in total. The molecule has 0 aliphatic carbocycles. The van der Waals surface area contributed by atoms with Crippen molar-refractivity contribution in [1.29, 1.82) is 0 Å². The number of carboxylic acids is 1. The molecular weight excluding hydrogens is 286 g/mol. The van der Waals surface area contributed by atoms with Crippen LogP contribution < -0.4 is 4.90 Å². The van der Waals surface area contributed by atoms with Crippen LogP contribution in [0, 0.1) is 0 Å². The summed E-state index contributed by atoms with van der Waals surface area (Å²) in [6.07, 6.45) is 0.525. The normalized spacial score (nSPS) is 19.1. The molecule has 0 saturated carbocycles. The Morgan fingerprint density at radius 2 is 1.76 bits per heavy atom. The van der Waals surface area contributed by atoms with Crippen LogP contribution in [0.5, 0.6) is 0 Å². The second-order valence-electron chi connectivity index (χ2n) is 4.30. The number of aliphatic carboxylic acids is 1. The summed E-state index contributed by atoms with van der Waals surface area (Å²) in [7, 11) is 0. The van der Waals surface area contributed by atoms with E-state index in [2.05, 4.69) is 20.8 Å². The minimum atomic E-state index is -1.55. The maximum Gasteiger partial charge on any atom is 0.335 e. The number of nitrogens with zero attached hydrogens (tertiary/aromatic N) is 1. The maximum absolute atomic E-state index is 10.9. The zero-order valence-electron chi connectivity index (χ0n) is 9.27. The van der Waals surface area contributed by atoms with Gasteiger partial charge in [-0.15, -0.1) is 0 Å². The first kappa shape index (κ1) is 12.4. The monoisotopic (exact) mass is 299 g/mol. The summed E-state index contributed by atoms with van der Waals surface area (Å²) in [4.78, 5) is 13.0. The van der Waals surface area contributed by atoms with Gasteiger partial charge in [0.2, 0.25) is 0 Å². The fourth-order valence-corrected chi connectivity index (χ4v) is 2.26. The van der Waals surface area contributed by atoms with Gasteiger partial charge in [-0.05, 0) is 24.3 Å². The Morgan fingerprint density at radius 1 is 1.24 bits per heavy atom. The summed E-state index contributed by atoms with van der Waals surface area (Å²) in [6.45, 7) is 1.12. The van der Waals surface area contributed by atoms with Gasteiger partial charge in [0.15, 0.2) is 5.60 Å². The van der Waals surface area contributed by atoms with E-state index in [1.54, 1.807) is 0 Å². The van der Waals surface area contributed by atoms with Gasteiger partial charge in [0, 0.05) is 36.1 Å². The van der Waals surface area contributed by atoms with Crippen molar-refractivity contribution in [3.63, 3.8) is 0 Å². The van der Waals surface area contributed by atoms with E-state index in [4.69, 9.17) is 5.11 Å². The summed E-state index contributed by atoms with van der Waals surface area (Å²) in [5, 5.41) is 18.7. The maximum atomic E-state index is 10.9. The molecule has 0 atom stereocenters. The first-order valence-corrected chi connectivity index (χ1v) is 6.27. The van der Waals surface area contributed by atoms with Gasteiger partial charge in [-0.1, -0.05) is 15.9 Å². The summed E-state index contributed by atoms with van der Waals surface area (Å²) in [5.74, 6) is -1.12. The molecule has 92 valence electrons. The third-order valence-electron chi connectivity index (χ3n) is 3.18. The molecule has 1 saturated heterocycles. The van der Waals surface area contributed by atoms with Crippen molar-refractivity contribution in [3.05, 3.63) is 28.7 Å². The smallest absolute Gasteiger partial charge is 0.335 e. The Balaban J connectivity index is 2.04. The van der Waals surface area contributed by atoms with Gasteiger partial charge in [-0.2, -0.15) is 0 Å². The zero-order chi connectivity index (χ0) is 12.5. The highest BCUT2D eigenvalue weighted by Crippen LogP contribution is 2.27. The lowest BCUT2D eigenvalue weighted by Crippen LogP contribution is -2.49. The van der Waals surface area contributed by atoms with E-state index in [1.807, 2.05) is 24.3 Å². The number of benzene rings is 1. The lowest BCUT2D eigenvalue weighted by Gasteiger charge is -2.36. The molecule has 0 aromatic heterocycles. The fraction of sp³-hybridized carbons (Fsp3) is 0.417. The van der Waals surface area contributed by atoms with Gasteiger partial charge in [-0.3, -0.25) is 0 Å². The molecule has 0 bridgehead atoms. The van der Waals surface area contributed by atoms with E-state index in [-0.39, 0.29) is 12.8 Å². The minimum Gasteiger partial charge on any atom is -0.479 e. The predicted octanol–water partition coefficient (Wildman–Crippen LogP) is 1.86. The molecule has 1 fully saturated rings. The molecule has 0 unspecified atom stereocenters. The van der Waals surface area contributed by atoms with Crippen LogP contribution in [0.4, 0.5) is 5.69 Å². The molecule has 0 spiro atoms. The van der Waals surface area contributed by atoms with Crippen LogP contribution in [0.2, 0.25) is 0 Å². The highest BCUT2D eigenvalue weighted by molar-refractivity contribution is 9.10. The van der Waals surface area contributed by atoms with E-state index >= 15 is 0 Å². The van der Waals surface area contributed by atoms with Crippen molar-refractivity contribution in [2.75, 3.05) is 18.0 Å². The molecule has 17 heavy (non-hydrogen) atoms. The van der Waals surface area contributed by atoms with Crippen molar-refractivity contribution in [2.45, 2.75) is 18.4 Å². The average Bonchev–Trinajstić information content (AvgIpc) is 2.31. The van der Waals surface area contributed by atoms with Gasteiger partial charge in [0.05, 0.1) is 0 Å². The summed E-state index contributed by atoms with van der Waals surface area (Å²) in [5.41, 5.74) is -0.494. The quantitative estimate of drug-likeness (QED) is 0.875. The number of halogens is 1. The number of anilines is 1. The second-order valence-corrected chi connectivity index (χ2v) is 5.22. The van der Waals surface area contributed by atoms with Crippen LogP contribution >= 0.6 is 15.9 Å². The number of hydrogen-bond acceptors (Lipinski definition) is 3. The zero-order valence-corrected chi connectivity index (χ0v) is 10.9. The molecule has 0 amide bonds. The molecule has 1 aromatic rings. The highest BCUT2D eigenvalue weighted by Gasteiger charge is 2.39. The first-order valence-electron chi connectivity index (χ1n) is 5.47. The van der Waals surface area contributed by atoms with Crippen molar-refractivity contribution < 1.29 is 15.0 Å². The Hall–Kier alpha value is -1.07. The summed E-state index contributed by atoms with van der Waals surface area (Å²) >= 11 is 3.37. The molecule has 1 aromatic carbocycles. The van der Waals surface area contributed by atoms with Gasteiger partial charge >= 0.3 is 5.97 Å². The van der Waals surface area contributed by atoms with Crippen molar-refractivity contribution in [3.8, 4) is 0 Å². The van der Waals surface area contributed by atoms with Gasteiger partial charge in [0.25, 0.3) is 0 Å². The topological polar surface area (TPSA) is 60.8 Å². The number of carbonyl (C=O) groups is 1. The standard InChI is InChI=1S/C12H14BrNO3/c13-9-1-3-10(4-2-9)14-7-5-12(17,6-8-14)11(15)16/h1-4,17H,5-8H2,(H,15,16). The molecule has 1 aliphatic rings. The lowest BCUT2D eigenvalue weighted by atomic mass is 9.91. The van der Waals surface area contributed by atoms with Gasteiger partial charge in [-0.25, -0.2) is 4.79 Å². The van der Waals surface area contributed by atoms with Crippen molar-refractivity contribution in [1.82, 2.24) is 0 Å². The summed E-state index contributed by atoms with van der Waals surface area (Å²) < 4.78 is 1.01. The summed E-state index contributed by atoms with van der Waals surface area (Å²) in [6, 6.07) is 7.87. The van der Waals surface area contributed by atoms with Gasteiger partial charge in [0.1, 0.15) is 0 Å². The molecule has 5 heteroatoms. The SMILES string of the molecule is O=C(O)C1(O)CCN(c2ccc(Br)cc2)CC1. The van der Waals surface area contributed by atoms with Crippen molar-refractivity contribution >= 4 is 27.6 Å². The number of rotatable bonds is 2. The second kappa shape index (κ2) is 4.66. The van der Waals surface area contributed by atoms with Crippen LogP contribution in [0.25, 0.3) is 0 Å². The van der Waals surface area contributed by atoms with Crippen LogP contribution in [-0.2, 0) is 4.79 Å². The number of carboxylic acid groups (broad SMARTS) is 1. The van der Waals surface area contributed by atoms with E-state index in [0.717, 1.165) is 10.2 Å². The largest absolute Gasteiger partial charge is 0.479 e. The molecule has 0 radical (unpaired) electrons. The van der Waals surface area contributed by atoms with E-state index < -0.39 is 11.6 Å². The van der Waals surface area contributed by atoms with Crippen LogP contribution in [0.3, 0.4) is 0 Å².